The lowest BCUT2D eigenvalue weighted by Gasteiger charge is -2.08. The SMILES string of the molecule is O=C(COc1ccc(F)cc1Br)NCCc1ncc[nH]1. The van der Waals surface area contributed by atoms with E-state index in [1.165, 1.54) is 18.2 Å². The largest absolute Gasteiger partial charge is 0.483 e. The summed E-state index contributed by atoms with van der Waals surface area (Å²) in [5.74, 6) is 0.625. The van der Waals surface area contributed by atoms with E-state index >= 15 is 0 Å². The lowest BCUT2D eigenvalue weighted by atomic mass is 10.3. The Kier molecular flexibility index (Phi) is 5.11. The number of hydrogen-bond acceptors (Lipinski definition) is 3. The van der Waals surface area contributed by atoms with Crippen molar-refractivity contribution in [3.63, 3.8) is 0 Å². The van der Waals surface area contributed by atoms with Crippen LogP contribution >= 0.6 is 15.9 Å². The van der Waals surface area contributed by atoms with Gasteiger partial charge in [-0.1, -0.05) is 0 Å². The maximum atomic E-state index is 12.9. The number of rotatable bonds is 6. The molecule has 1 aromatic carbocycles. The number of carbonyl (C=O) groups is 1. The fraction of sp³-hybridized carbons (Fsp3) is 0.231. The minimum Gasteiger partial charge on any atom is -0.483 e. The Morgan fingerprint density at radius 2 is 2.35 bits per heavy atom. The molecule has 5 nitrogen and oxygen atoms in total. The molecule has 2 N–H and O–H groups in total. The zero-order valence-electron chi connectivity index (χ0n) is 10.5. The summed E-state index contributed by atoms with van der Waals surface area (Å²) in [5, 5.41) is 2.71. The molecule has 0 saturated heterocycles. The Balaban J connectivity index is 1.72. The van der Waals surface area contributed by atoms with Crippen LogP contribution in [0.1, 0.15) is 5.82 Å². The van der Waals surface area contributed by atoms with E-state index in [1.54, 1.807) is 12.4 Å². The van der Waals surface area contributed by atoms with Crippen LogP contribution in [0.5, 0.6) is 5.75 Å². The van der Waals surface area contributed by atoms with Gasteiger partial charge in [0, 0.05) is 25.4 Å². The molecule has 0 unspecified atom stereocenters. The molecular formula is C13H13BrFN3O2. The van der Waals surface area contributed by atoms with Gasteiger partial charge in [0.15, 0.2) is 6.61 Å². The number of H-pyrrole nitrogens is 1. The number of halogens is 2. The zero-order valence-corrected chi connectivity index (χ0v) is 12.1. The van der Waals surface area contributed by atoms with Gasteiger partial charge in [0.1, 0.15) is 17.4 Å². The molecular weight excluding hydrogens is 329 g/mol. The van der Waals surface area contributed by atoms with Crippen LogP contribution in [0.3, 0.4) is 0 Å². The second-order valence-corrected chi connectivity index (χ2v) is 4.85. The number of ether oxygens (including phenoxy) is 1. The van der Waals surface area contributed by atoms with Gasteiger partial charge < -0.3 is 15.0 Å². The van der Waals surface area contributed by atoms with Crippen molar-refractivity contribution in [2.45, 2.75) is 6.42 Å². The van der Waals surface area contributed by atoms with Gasteiger partial charge in [-0.15, -0.1) is 0 Å². The van der Waals surface area contributed by atoms with Crippen molar-refractivity contribution in [2.24, 2.45) is 0 Å². The number of nitrogens with zero attached hydrogens (tertiary/aromatic N) is 1. The number of hydrogen-bond donors (Lipinski definition) is 2. The number of amides is 1. The van der Waals surface area contributed by atoms with Crippen LogP contribution in [0.15, 0.2) is 35.1 Å². The summed E-state index contributed by atoms with van der Waals surface area (Å²) in [5.41, 5.74) is 0. The summed E-state index contributed by atoms with van der Waals surface area (Å²) in [6.07, 6.45) is 4.01. The third-order valence-electron chi connectivity index (χ3n) is 2.49. The lowest BCUT2D eigenvalue weighted by Crippen LogP contribution is -2.30. The maximum Gasteiger partial charge on any atom is 0.257 e. The number of imidazole rings is 1. The van der Waals surface area contributed by atoms with Crippen LogP contribution in [0.25, 0.3) is 0 Å². The summed E-state index contributed by atoms with van der Waals surface area (Å²) in [4.78, 5) is 18.6. The molecule has 0 spiro atoms. The Morgan fingerprint density at radius 1 is 1.50 bits per heavy atom. The zero-order chi connectivity index (χ0) is 14.4. The Hall–Kier alpha value is -1.89. The van der Waals surface area contributed by atoms with Crippen molar-refractivity contribution < 1.29 is 13.9 Å². The summed E-state index contributed by atoms with van der Waals surface area (Å²) in [6, 6.07) is 4.02. The summed E-state index contributed by atoms with van der Waals surface area (Å²) in [6.45, 7) is 0.350. The normalized spacial score (nSPS) is 10.3. The van der Waals surface area contributed by atoms with Crippen molar-refractivity contribution >= 4 is 21.8 Å². The van der Waals surface area contributed by atoms with E-state index < -0.39 is 0 Å². The van der Waals surface area contributed by atoms with Crippen molar-refractivity contribution in [1.29, 1.82) is 0 Å². The number of benzene rings is 1. The second kappa shape index (κ2) is 7.04. The first-order valence-electron chi connectivity index (χ1n) is 5.98. The molecule has 0 atom stereocenters. The van der Waals surface area contributed by atoms with Crippen LogP contribution in [0, 0.1) is 5.82 Å². The van der Waals surface area contributed by atoms with Gasteiger partial charge in [0.05, 0.1) is 4.47 Å². The van der Waals surface area contributed by atoms with Crippen LogP contribution < -0.4 is 10.1 Å². The highest BCUT2D eigenvalue weighted by Crippen LogP contribution is 2.25. The average molecular weight is 342 g/mol. The number of aromatic nitrogens is 2. The monoisotopic (exact) mass is 341 g/mol. The van der Waals surface area contributed by atoms with Gasteiger partial charge in [0.25, 0.3) is 5.91 Å². The molecule has 106 valence electrons. The van der Waals surface area contributed by atoms with Crippen LogP contribution in [-0.2, 0) is 11.2 Å². The van der Waals surface area contributed by atoms with Crippen LogP contribution in [0.4, 0.5) is 4.39 Å². The van der Waals surface area contributed by atoms with E-state index in [9.17, 15) is 9.18 Å². The average Bonchev–Trinajstić information content (AvgIpc) is 2.91. The first-order chi connectivity index (χ1) is 9.65. The molecule has 0 radical (unpaired) electrons. The van der Waals surface area contributed by atoms with E-state index in [0.29, 0.717) is 23.2 Å². The maximum absolute atomic E-state index is 12.9. The van der Waals surface area contributed by atoms with Crippen molar-refractivity contribution in [3.8, 4) is 5.75 Å². The Labute approximate surface area is 123 Å². The van der Waals surface area contributed by atoms with Crippen molar-refractivity contribution in [2.75, 3.05) is 13.2 Å². The minimum absolute atomic E-state index is 0.123. The summed E-state index contributed by atoms with van der Waals surface area (Å²) < 4.78 is 18.6. The van der Waals surface area contributed by atoms with Crippen molar-refractivity contribution in [3.05, 3.63) is 46.7 Å². The number of carbonyl (C=O) groups excluding carboxylic acids is 1. The van der Waals surface area contributed by atoms with Gasteiger partial charge in [-0.3, -0.25) is 4.79 Å². The molecule has 0 saturated carbocycles. The first kappa shape index (κ1) is 14.5. The molecule has 20 heavy (non-hydrogen) atoms. The highest BCUT2D eigenvalue weighted by molar-refractivity contribution is 9.10. The molecule has 2 aromatic rings. The summed E-state index contributed by atoms with van der Waals surface area (Å²) in [7, 11) is 0. The van der Waals surface area contributed by atoms with E-state index in [1.807, 2.05) is 0 Å². The number of nitrogens with one attached hydrogen (secondary N) is 2. The highest BCUT2D eigenvalue weighted by Gasteiger charge is 2.06. The predicted molar refractivity (Wildman–Crippen MR) is 74.9 cm³/mol. The van der Waals surface area contributed by atoms with Crippen LogP contribution in [-0.4, -0.2) is 29.0 Å². The molecule has 0 fully saturated rings. The molecule has 1 heterocycles. The standard InChI is InChI=1S/C13H13BrFN3O2/c14-10-7-9(15)1-2-11(10)20-8-13(19)18-4-3-12-16-5-6-17-12/h1-2,5-7H,3-4,8H2,(H,16,17)(H,18,19). The Bertz CT molecular complexity index is 575. The van der Waals surface area contributed by atoms with Crippen LogP contribution in [0.2, 0.25) is 0 Å². The minimum atomic E-state index is -0.368. The summed E-state index contributed by atoms with van der Waals surface area (Å²) >= 11 is 3.17. The molecule has 0 aliphatic carbocycles. The third-order valence-corrected chi connectivity index (χ3v) is 3.11. The molecule has 0 aliphatic rings. The van der Waals surface area contributed by atoms with Gasteiger partial charge in [0.2, 0.25) is 0 Å². The van der Waals surface area contributed by atoms with Gasteiger partial charge >= 0.3 is 0 Å². The fourth-order valence-corrected chi connectivity index (χ4v) is 2.01. The molecule has 2 rings (SSSR count). The molecule has 1 amide bonds. The topological polar surface area (TPSA) is 67.0 Å². The Morgan fingerprint density at radius 3 is 3.05 bits per heavy atom. The quantitative estimate of drug-likeness (QED) is 0.844. The molecule has 0 bridgehead atoms. The highest BCUT2D eigenvalue weighted by atomic mass is 79.9. The lowest BCUT2D eigenvalue weighted by molar-refractivity contribution is -0.123. The second-order valence-electron chi connectivity index (χ2n) is 4.00. The molecule has 7 heteroatoms. The van der Waals surface area contributed by atoms with E-state index in [4.69, 9.17) is 4.74 Å². The van der Waals surface area contributed by atoms with Gasteiger partial charge in [-0.2, -0.15) is 0 Å². The van der Waals surface area contributed by atoms with Gasteiger partial charge in [-0.05, 0) is 34.1 Å². The van der Waals surface area contributed by atoms with E-state index in [-0.39, 0.29) is 18.3 Å². The first-order valence-corrected chi connectivity index (χ1v) is 6.77. The van der Waals surface area contributed by atoms with Crippen molar-refractivity contribution in [1.82, 2.24) is 15.3 Å². The predicted octanol–water partition coefficient (Wildman–Crippen LogP) is 2.05. The van der Waals surface area contributed by atoms with E-state index in [0.717, 1.165) is 5.82 Å². The third kappa shape index (κ3) is 4.34. The molecule has 1 aromatic heterocycles. The van der Waals surface area contributed by atoms with E-state index in [2.05, 4.69) is 31.2 Å². The smallest absolute Gasteiger partial charge is 0.257 e. The molecule has 0 aliphatic heterocycles. The number of aromatic amines is 1. The van der Waals surface area contributed by atoms with Gasteiger partial charge in [-0.25, -0.2) is 9.37 Å². The fourth-order valence-electron chi connectivity index (χ4n) is 1.54.